The van der Waals surface area contributed by atoms with Crippen LogP contribution in [0.15, 0.2) is 0 Å². The lowest BCUT2D eigenvalue weighted by Crippen LogP contribution is -2.36. The second kappa shape index (κ2) is 6.67. The lowest BCUT2D eigenvalue weighted by atomic mass is 10.1. The largest absolute Gasteiger partial charge is 0.480 e. The number of aliphatic carboxylic acids is 1. The van der Waals surface area contributed by atoms with Gasteiger partial charge in [0.15, 0.2) is 0 Å². The van der Waals surface area contributed by atoms with Crippen molar-refractivity contribution in [2.75, 3.05) is 5.75 Å². The Bertz CT molecular complexity index is 211. The first-order valence-electron chi connectivity index (χ1n) is 4.36. The van der Waals surface area contributed by atoms with Crippen LogP contribution >= 0.6 is 12.6 Å². The van der Waals surface area contributed by atoms with E-state index in [1.807, 2.05) is 6.92 Å². The summed E-state index contributed by atoms with van der Waals surface area (Å²) in [5.74, 6) is -0.722. The summed E-state index contributed by atoms with van der Waals surface area (Å²) in [4.78, 5) is 21.5. The van der Waals surface area contributed by atoms with Gasteiger partial charge < -0.3 is 16.2 Å². The molecule has 4 N–H and O–H groups in total. The molecule has 0 spiro atoms. The van der Waals surface area contributed by atoms with Gasteiger partial charge in [-0.3, -0.25) is 9.59 Å². The van der Waals surface area contributed by atoms with Crippen molar-refractivity contribution < 1.29 is 14.7 Å². The number of amides is 1. The van der Waals surface area contributed by atoms with Crippen LogP contribution in [-0.2, 0) is 9.59 Å². The lowest BCUT2D eigenvalue weighted by molar-refractivity contribution is -0.138. The molecule has 2 unspecified atom stereocenters. The van der Waals surface area contributed by atoms with Gasteiger partial charge in [0, 0.05) is 18.2 Å². The maximum Gasteiger partial charge on any atom is 0.320 e. The van der Waals surface area contributed by atoms with Gasteiger partial charge in [0.2, 0.25) is 5.91 Å². The van der Waals surface area contributed by atoms with Crippen LogP contribution in [0.5, 0.6) is 0 Å². The Morgan fingerprint density at radius 3 is 2.57 bits per heavy atom. The van der Waals surface area contributed by atoms with Gasteiger partial charge in [0.25, 0.3) is 0 Å². The van der Waals surface area contributed by atoms with Gasteiger partial charge in [-0.1, -0.05) is 0 Å². The van der Waals surface area contributed by atoms with Crippen LogP contribution in [0.4, 0.5) is 0 Å². The second-order valence-corrected chi connectivity index (χ2v) is 3.50. The summed E-state index contributed by atoms with van der Waals surface area (Å²) in [6.45, 7) is 1.82. The van der Waals surface area contributed by atoms with Gasteiger partial charge in [-0.2, -0.15) is 12.6 Å². The van der Waals surface area contributed by atoms with Crippen LogP contribution in [0.1, 0.15) is 19.8 Å². The van der Waals surface area contributed by atoms with Crippen LogP contribution in [-0.4, -0.2) is 34.8 Å². The molecule has 0 aromatic rings. The minimum absolute atomic E-state index is 0.00751. The van der Waals surface area contributed by atoms with Crippen molar-refractivity contribution in [3.8, 4) is 0 Å². The molecule has 0 heterocycles. The molecule has 6 heteroatoms. The third kappa shape index (κ3) is 5.82. The van der Waals surface area contributed by atoms with Crippen molar-refractivity contribution in [2.45, 2.75) is 31.8 Å². The van der Waals surface area contributed by atoms with Gasteiger partial charge in [-0.25, -0.2) is 0 Å². The number of nitrogens with one attached hydrogen (secondary N) is 1. The van der Waals surface area contributed by atoms with Crippen LogP contribution < -0.4 is 11.1 Å². The third-order valence-electron chi connectivity index (χ3n) is 1.68. The predicted molar refractivity (Wildman–Crippen MR) is 56.3 cm³/mol. The number of carboxylic acid groups (broad SMARTS) is 1. The van der Waals surface area contributed by atoms with E-state index in [0.29, 0.717) is 5.75 Å². The average Bonchev–Trinajstić information content (AvgIpc) is 2.13. The molecule has 82 valence electrons. The van der Waals surface area contributed by atoms with E-state index in [1.54, 1.807) is 0 Å². The SMILES string of the molecule is CC(CS)NC(=O)CCC(N)C(=O)O. The molecule has 0 aliphatic heterocycles. The Morgan fingerprint density at radius 1 is 1.57 bits per heavy atom. The number of carboxylic acids is 1. The maximum absolute atomic E-state index is 11.1. The van der Waals surface area contributed by atoms with E-state index in [4.69, 9.17) is 10.8 Å². The highest BCUT2D eigenvalue weighted by atomic mass is 32.1. The average molecular weight is 220 g/mol. The van der Waals surface area contributed by atoms with Crippen molar-refractivity contribution >= 4 is 24.5 Å². The Hall–Kier alpha value is -0.750. The molecule has 0 aromatic carbocycles. The number of hydrogen-bond donors (Lipinski definition) is 4. The minimum atomic E-state index is -1.08. The van der Waals surface area contributed by atoms with E-state index < -0.39 is 12.0 Å². The van der Waals surface area contributed by atoms with E-state index in [0.717, 1.165) is 0 Å². The number of nitrogens with two attached hydrogens (primary N) is 1. The number of carbonyl (C=O) groups excluding carboxylic acids is 1. The molecule has 0 aliphatic carbocycles. The third-order valence-corrected chi connectivity index (χ3v) is 2.23. The Labute approximate surface area is 88.5 Å². The summed E-state index contributed by atoms with van der Waals surface area (Å²) in [5.41, 5.74) is 5.23. The summed E-state index contributed by atoms with van der Waals surface area (Å²) in [6.07, 6.45) is 0.284. The highest BCUT2D eigenvalue weighted by Gasteiger charge is 2.13. The van der Waals surface area contributed by atoms with Crippen LogP contribution in [0.2, 0.25) is 0 Å². The van der Waals surface area contributed by atoms with E-state index in [9.17, 15) is 9.59 Å². The molecule has 0 fully saturated rings. The Morgan fingerprint density at radius 2 is 2.14 bits per heavy atom. The van der Waals surface area contributed by atoms with Crippen molar-refractivity contribution in [3.05, 3.63) is 0 Å². The first-order chi connectivity index (χ1) is 6.47. The molecule has 0 radical (unpaired) electrons. The molecule has 0 saturated carbocycles. The first-order valence-corrected chi connectivity index (χ1v) is 4.99. The highest BCUT2D eigenvalue weighted by Crippen LogP contribution is 1.96. The predicted octanol–water partition coefficient (Wildman–Crippen LogP) is -0.387. The standard InChI is InChI=1S/C8H16N2O3S/c1-5(4-14)10-7(11)3-2-6(9)8(12)13/h5-6,14H,2-4,9H2,1H3,(H,10,11)(H,12,13). The molecular formula is C8H16N2O3S. The number of carbonyl (C=O) groups is 2. The summed E-state index contributed by atoms with van der Waals surface area (Å²) >= 11 is 4.00. The Balaban J connectivity index is 3.69. The summed E-state index contributed by atoms with van der Waals surface area (Å²) in [5, 5.41) is 11.1. The zero-order valence-electron chi connectivity index (χ0n) is 8.06. The van der Waals surface area contributed by atoms with Gasteiger partial charge in [0.05, 0.1) is 0 Å². The minimum Gasteiger partial charge on any atom is -0.480 e. The van der Waals surface area contributed by atoms with Crippen LogP contribution in [0.25, 0.3) is 0 Å². The molecular weight excluding hydrogens is 204 g/mol. The molecule has 0 bridgehead atoms. The summed E-state index contributed by atoms with van der Waals surface area (Å²) in [6, 6.07) is -0.973. The van der Waals surface area contributed by atoms with Crippen molar-refractivity contribution in [3.63, 3.8) is 0 Å². The van der Waals surface area contributed by atoms with Gasteiger partial charge in [-0.15, -0.1) is 0 Å². The maximum atomic E-state index is 11.1. The van der Waals surface area contributed by atoms with Gasteiger partial charge >= 0.3 is 5.97 Å². The van der Waals surface area contributed by atoms with E-state index in [1.165, 1.54) is 0 Å². The summed E-state index contributed by atoms with van der Waals surface area (Å²) in [7, 11) is 0. The first kappa shape index (κ1) is 13.2. The molecule has 5 nitrogen and oxygen atoms in total. The smallest absolute Gasteiger partial charge is 0.320 e. The number of hydrogen-bond acceptors (Lipinski definition) is 4. The quantitative estimate of drug-likeness (QED) is 0.459. The van der Waals surface area contributed by atoms with Crippen molar-refractivity contribution in [1.82, 2.24) is 5.32 Å². The normalized spacial score (nSPS) is 14.5. The lowest BCUT2D eigenvalue weighted by Gasteiger charge is -2.11. The van der Waals surface area contributed by atoms with Gasteiger partial charge in [0.1, 0.15) is 6.04 Å². The van der Waals surface area contributed by atoms with Crippen LogP contribution in [0.3, 0.4) is 0 Å². The molecule has 14 heavy (non-hydrogen) atoms. The van der Waals surface area contributed by atoms with Crippen LogP contribution in [0, 0.1) is 0 Å². The fraction of sp³-hybridized carbons (Fsp3) is 0.750. The van der Waals surface area contributed by atoms with Crippen molar-refractivity contribution in [1.29, 1.82) is 0 Å². The van der Waals surface area contributed by atoms with E-state index in [-0.39, 0.29) is 24.8 Å². The fourth-order valence-electron chi connectivity index (χ4n) is 0.803. The zero-order valence-corrected chi connectivity index (χ0v) is 8.96. The second-order valence-electron chi connectivity index (χ2n) is 3.13. The Kier molecular flexibility index (Phi) is 6.31. The molecule has 0 saturated heterocycles. The molecule has 0 aliphatic rings. The van der Waals surface area contributed by atoms with Gasteiger partial charge in [-0.05, 0) is 13.3 Å². The number of thiol groups is 1. The van der Waals surface area contributed by atoms with E-state index in [2.05, 4.69) is 17.9 Å². The highest BCUT2D eigenvalue weighted by molar-refractivity contribution is 7.80. The monoisotopic (exact) mass is 220 g/mol. The molecule has 2 atom stereocenters. The summed E-state index contributed by atoms with van der Waals surface area (Å²) < 4.78 is 0. The fourth-order valence-corrected chi connectivity index (χ4v) is 0.894. The van der Waals surface area contributed by atoms with E-state index >= 15 is 0 Å². The molecule has 0 aromatic heterocycles. The topological polar surface area (TPSA) is 92.4 Å². The number of rotatable bonds is 6. The zero-order chi connectivity index (χ0) is 11.1. The molecule has 1 amide bonds. The van der Waals surface area contributed by atoms with Crippen molar-refractivity contribution in [2.24, 2.45) is 5.73 Å². The molecule has 0 rings (SSSR count).